The summed E-state index contributed by atoms with van der Waals surface area (Å²) in [4.78, 5) is 52.8. The molecule has 0 aliphatic rings. The lowest BCUT2D eigenvalue weighted by molar-refractivity contribution is -0.143. The van der Waals surface area contributed by atoms with E-state index in [0.717, 1.165) is 11.1 Å². The lowest BCUT2D eigenvalue weighted by atomic mass is 9.94. The predicted molar refractivity (Wildman–Crippen MR) is 135 cm³/mol. The summed E-state index contributed by atoms with van der Waals surface area (Å²) in [5.74, 6) is -1.86. The van der Waals surface area contributed by atoms with E-state index < -0.39 is 53.5 Å². The number of nitrogens with zero attached hydrogens (tertiary/aromatic N) is 1. The number of benzene rings is 1. The molecule has 0 aromatic heterocycles. The monoisotopic (exact) mass is 488 g/mol. The lowest BCUT2D eigenvalue weighted by Gasteiger charge is -2.36. The van der Waals surface area contributed by atoms with Crippen LogP contribution in [0.2, 0.25) is 0 Å². The van der Waals surface area contributed by atoms with E-state index in [9.17, 15) is 19.2 Å². The van der Waals surface area contributed by atoms with Crippen LogP contribution < -0.4 is 16.4 Å². The van der Waals surface area contributed by atoms with Crippen LogP contribution >= 0.6 is 0 Å². The number of hydrogen-bond donors (Lipinski definition) is 3. The van der Waals surface area contributed by atoms with E-state index in [-0.39, 0.29) is 6.54 Å². The van der Waals surface area contributed by atoms with Crippen LogP contribution in [0, 0.1) is 13.8 Å². The number of carbonyl (C=O) groups excluding carboxylic acids is 4. The molecule has 0 spiro atoms. The van der Waals surface area contributed by atoms with Gasteiger partial charge in [-0.25, -0.2) is 4.79 Å². The first kappa shape index (κ1) is 29.7. The summed E-state index contributed by atoms with van der Waals surface area (Å²) in [5, 5.41) is 5.38. The Morgan fingerprint density at radius 2 is 1.71 bits per heavy atom. The van der Waals surface area contributed by atoms with Crippen molar-refractivity contribution in [2.75, 3.05) is 6.54 Å². The average molecular weight is 489 g/mol. The van der Waals surface area contributed by atoms with Gasteiger partial charge in [0.15, 0.2) is 0 Å². The Kier molecular flexibility index (Phi) is 10.1. The first-order chi connectivity index (χ1) is 16.0. The van der Waals surface area contributed by atoms with Gasteiger partial charge in [0.05, 0.1) is 6.42 Å². The van der Waals surface area contributed by atoms with E-state index in [1.165, 1.54) is 11.0 Å². The van der Waals surface area contributed by atoms with E-state index in [4.69, 9.17) is 10.5 Å². The van der Waals surface area contributed by atoms with Gasteiger partial charge in [0.25, 0.3) is 0 Å². The van der Waals surface area contributed by atoms with Crippen molar-refractivity contribution in [3.8, 4) is 0 Å². The van der Waals surface area contributed by atoms with Gasteiger partial charge in [-0.2, -0.15) is 0 Å². The molecule has 0 heterocycles. The summed E-state index contributed by atoms with van der Waals surface area (Å²) >= 11 is 0. The minimum absolute atomic E-state index is 0.0142. The van der Waals surface area contributed by atoms with E-state index in [2.05, 4.69) is 17.2 Å². The highest BCUT2D eigenvalue weighted by atomic mass is 16.6. The van der Waals surface area contributed by atoms with E-state index in [1.54, 1.807) is 26.8 Å². The number of ether oxygens (including phenoxy) is 1. The molecule has 0 radical (unpaired) electrons. The number of primary amides is 1. The van der Waals surface area contributed by atoms with Gasteiger partial charge in [-0.05, 0) is 72.1 Å². The van der Waals surface area contributed by atoms with Crippen molar-refractivity contribution in [3.05, 3.63) is 47.5 Å². The Morgan fingerprint density at radius 3 is 2.20 bits per heavy atom. The van der Waals surface area contributed by atoms with Gasteiger partial charge in [0, 0.05) is 12.1 Å². The molecule has 1 aromatic carbocycles. The number of alkyl carbamates (subject to hydrolysis) is 1. The van der Waals surface area contributed by atoms with Gasteiger partial charge in [0.1, 0.15) is 17.7 Å². The Hall–Kier alpha value is -3.36. The number of amides is 4. The van der Waals surface area contributed by atoms with Gasteiger partial charge >= 0.3 is 6.09 Å². The first-order valence-electron chi connectivity index (χ1n) is 11.5. The normalized spacial score (nSPS) is 13.3. The molecule has 0 fully saturated rings. The van der Waals surface area contributed by atoms with Crippen LogP contribution in [0.4, 0.5) is 4.79 Å². The third-order valence-corrected chi connectivity index (χ3v) is 5.00. The van der Waals surface area contributed by atoms with Crippen molar-refractivity contribution in [1.82, 2.24) is 15.5 Å². The molecule has 2 atom stereocenters. The fourth-order valence-corrected chi connectivity index (χ4v) is 3.47. The summed E-state index contributed by atoms with van der Waals surface area (Å²) in [7, 11) is 0. The molecule has 35 heavy (non-hydrogen) atoms. The third-order valence-electron chi connectivity index (χ3n) is 5.00. The number of carbonyl (C=O) groups is 4. The molecule has 0 bridgehead atoms. The highest BCUT2D eigenvalue weighted by molar-refractivity contribution is 5.95. The Balaban J connectivity index is 3.57. The molecule has 1 rings (SSSR count). The molecule has 0 saturated carbocycles. The van der Waals surface area contributed by atoms with Crippen LogP contribution in [0.3, 0.4) is 0 Å². The molecule has 194 valence electrons. The molecule has 9 heteroatoms. The molecule has 0 aliphatic carbocycles. The molecule has 0 aliphatic heterocycles. The number of rotatable bonds is 9. The predicted octanol–water partition coefficient (Wildman–Crippen LogP) is 3.04. The highest BCUT2D eigenvalue weighted by Gasteiger charge is 2.38. The van der Waals surface area contributed by atoms with Crippen molar-refractivity contribution < 1.29 is 23.9 Å². The van der Waals surface area contributed by atoms with E-state index >= 15 is 0 Å². The van der Waals surface area contributed by atoms with Gasteiger partial charge in [-0.1, -0.05) is 24.3 Å². The molecular formula is C26H40N4O5. The molecular weight excluding hydrogens is 448 g/mol. The molecule has 0 saturated heterocycles. The zero-order valence-electron chi connectivity index (χ0n) is 22.2. The molecule has 2 unspecified atom stereocenters. The molecule has 1 aromatic rings. The van der Waals surface area contributed by atoms with E-state index in [1.807, 2.05) is 46.8 Å². The van der Waals surface area contributed by atoms with Crippen LogP contribution in [0.1, 0.15) is 70.7 Å². The van der Waals surface area contributed by atoms with Crippen molar-refractivity contribution in [2.45, 2.75) is 85.0 Å². The van der Waals surface area contributed by atoms with Crippen LogP contribution in [0.15, 0.2) is 30.9 Å². The van der Waals surface area contributed by atoms with Crippen molar-refractivity contribution in [2.24, 2.45) is 5.73 Å². The lowest BCUT2D eigenvalue weighted by Crippen LogP contribution is -2.55. The number of aryl methyl sites for hydroxylation is 1. The first-order valence-corrected chi connectivity index (χ1v) is 11.5. The van der Waals surface area contributed by atoms with Crippen LogP contribution in [-0.4, -0.2) is 52.4 Å². The van der Waals surface area contributed by atoms with Crippen molar-refractivity contribution in [1.29, 1.82) is 0 Å². The smallest absolute Gasteiger partial charge is 0.408 e. The summed E-state index contributed by atoms with van der Waals surface area (Å²) in [6, 6.07) is 3.12. The maximum absolute atomic E-state index is 13.8. The van der Waals surface area contributed by atoms with Gasteiger partial charge < -0.3 is 26.0 Å². The van der Waals surface area contributed by atoms with Gasteiger partial charge in [-0.3, -0.25) is 14.4 Å². The Morgan fingerprint density at radius 1 is 1.11 bits per heavy atom. The number of nitrogens with two attached hydrogens (primary N) is 1. The topological polar surface area (TPSA) is 131 Å². The van der Waals surface area contributed by atoms with Crippen LogP contribution in [0.25, 0.3) is 0 Å². The minimum atomic E-state index is -1.34. The third kappa shape index (κ3) is 9.42. The highest BCUT2D eigenvalue weighted by Crippen LogP contribution is 2.28. The molecule has 4 N–H and O–H groups in total. The SMILES string of the molecule is C=CCN(C(=O)C(CC(N)=O)NC(=O)OC(C)(C)C)C(C(=O)NC(C)(C)C)c1cccc(C)c1C. The van der Waals surface area contributed by atoms with Gasteiger partial charge in [0.2, 0.25) is 17.7 Å². The summed E-state index contributed by atoms with van der Waals surface area (Å²) in [6.07, 6.45) is 0.138. The fraction of sp³-hybridized carbons (Fsp3) is 0.538. The zero-order chi connectivity index (χ0) is 27.1. The number of hydrogen-bond acceptors (Lipinski definition) is 5. The minimum Gasteiger partial charge on any atom is -0.444 e. The second kappa shape index (κ2) is 11.9. The Labute approximate surface area is 208 Å². The summed E-state index contributed by atoms with van der Waals surface area (Å²) in [6.45, 7) is 18.0. The zero-order valence-corrected chi connectivity index (χ0v) is 22.2. The largest absolute Gasteiger partial charge is 0.444 e. The average Bonchev–Trinajstić information content (AvgIpc) is 2.66. The second-order valence-electron chi connectivity index (χ2n) is 10.6. The summed E-state index contributed by atoms with van der Waals surface area (Å²) < 4.78 is 5.26. The van der Waals surface area contributed by atoms with Crippen molar-refractivity contribution in [3.63, 3.8) is 0 Å². The fourth-order valence-electron chi connectivity index (χ4n) is 3.47. The van der Waals surface area contributed by atoms with Gasteiger partial charge in [-0.15, -0.1) is 6.58 Å². The second-order valence-corrected chi connectivity index (χ2v) is 10.6. The maximum atomic E-state index is 13.8. The quantitative estimate of drug-likeness (QED) is 0.460. The van der Waals surface area contributed by atoms with Crippen molar-refractivity contribution >= 4 is 23.8 Å². The molecule has 9 nitrogen and oxygen atoms in total. The molecule has 4 amide bonds. The van der Waals surface area contributed by atoms with Crippen LogP contribution in [-0.2, 0) is 19.1 Å². The maximum Gasteiger partial charge on any atom is 0.408 e. The summed E-state index contributed by atoms with van der Waals surface area (Å²) in [5.41, 5.74) is 6.40. The Bertz CT molecular complexity index is 959. The number of nitrogens with one attached hydrogen (secondary N) is 2. The van der Waals surface area contributed by atoms with Crippen LogP contribution in [0.5, 0.6) is 0 Å². The standard InChI is InChI=1S/C26H40N4O5/c1-10-14-30(23(33)19(15-20(27)31)28-24(34)35-26(7,8)9)21(22(32)29-25(4,5)6)18-13-11-12-16(2)17(18)3/h10-13,19,21H,1,14-15H2,2-9H3,(H2,27,31)(H,28,34)(H,29,32). The van der Waals surface area contributed by atoms with E-state index in [0.29, 0.717) is 5.56 Å².